The standard InChI is InChI=1S/C17H19N3O7/c1-17(2,3)27-16(24)11(7-8-12(18)21)19-14(22)9-5-4-6-10(20(25)26)13(9)15(19)23/h4-6,11H,7-8H2,1-3H3,(H2,18,21)/t11-/m1/s1. The third kappa shape index (κ3) is 4.10. The monoisotopic (exact) mass is 377 g/mol. The van der Waals surface area contributed by atoms with Gasteiger partial charge in [0.05, 0.1) is 10.5 Å². The van der Waals surface area contributed by atoms with Gasteiger partial charge in [-0.3, -0.25) is 29.4 Å². The molecule has 1 aliphatic rings. The summed E-state index contributed by atoms with van der Waals surface area (Å²) in [6.45, 7) is 4.80. The van der Waals surface area contributed by atoms with Crippen LogP contribution in [0.2, 0.25) is 0 Å². The van der Waals surface area contributed by atoms with Gasteiger partial charge in [0.2, 0.25) is 5.91 Å². The van der Waals surface area contributed by atoms with Crippen molar-refractivity contribution in [3.63, 3.8) is 0 Å². The number of primary amides is 1. The second kappa shape index (κ2) is 7.14. The number of nitro benzene ring substituents is 1. The zero-order chi connectivity index (χ0) is 20.5. The van der Waals surface area contributed by atoms with E-state index in [9.17, 15) is 29.3 Å². The molecule has 0 saturated carbocycles. The van der Waals surface area contributed by atoms with Gasteiger partial charge in [0.25, 0.3) is 17.5 Å². The molecule has 0 aliphatic carbocycles. The summed E-state index contributed by atoms with van der Waals surface area (Å²) in [6, 6.07) is 2.21. The van der Waals surface area contributed by atoms with Gasteiger partial charge < -0.3 is 10.5 Å². The van der Waals surface area contributed by atoms with Crippen molar-refractivity contribution in [2.75, 3.05) is 0 Å². The molecule has 1 atom stereocenters. The Hall–Kier alpha value is -3.30. The van der Waals surface area contributed by atoms with Crippen molar-refractivity contribution in [2.45, 2.75) is 45.3 Å². The normalized spacial score (nSPS) is 14.7. The Kier molecular flexibility index (Phi) is 5.29. The van der Waals surface area contributed by atoms with Crippen LogP contribution in [0.25, 0.3) is 0 Å². The van der Waals surface area contributed by atoms with Crippen LogP contribution in [-0.4, -0.2) is 45.2 Å². The molecule has 3 amide bonds. The lowest BCUT2D eigenvalue weighted by atomic mass is 10.1. The number of esters is 1. The van der Waals surface area contributed by atoms with Crippen LogP contribution >= 0.6 is 0 Å². The van der Waals surface area contributed by atoms with Gasteiger partial charge in [-0.2, -0.15) is 0 Å². The van der Waals surface area contributed by atoms with E-state index in [0.717, 1.165) is 6.07 Å². The molecule has 1 heterocycles. The van der Waals surface area contributed by atoms with E-state index in [1.54, 1.807) is 20.8 Å². The largest absolute Gasteiger partial charge is 0.458 e. The van der Waals surface area contributed by atoms with Crippen molar-refractivity contribution in [2.24, 2.45) is 5.73 Å². The molecule has 1 aliphatic heterocycles. The number of imide groups is 1. The fourth-order valence-corrected chi connectivity index (χ4v) is 2.72. The van der Waals surface area contributed by atoms with Crippen molar-refractivity contribution in [3.05, 3.63) is 39.4 Å². The van der Waals surface area contributed by atoms with Gasteiger partial charge in [-0.25, -0.2) is 4.79 Å². The molecule has 0 aromatic heterocycles. The van der Waals surface area contributed by atoms with Gasteiger partial charge in [0.15, 0.2) is 0 Å². The lowest BCUT2D eigenvalue weighted by Gasteiger charge is -2.28. The Labute approximate surface area is 154 Å². The molecular weight excluding hydrogens is 358 g/mol. The molecule has 2 rings (SSSR count). The van der Waals surface area contributed by atoms with Gasteiger partial charge in [-0.1, -0.05) is 6.07 Å². The number of fused-ring (bicyclic) bond motifs is 1. The molecule has 144 valence electrons. The van der Waals surface area contributed by atoms with Crippen molar-refractivity contribution in [1.29, 1.82) is 0 Å². The summed E-state index contributed by atoms with van der Waals surface area (Å²) >= 11 is 0. The second-order valence-electron chi connectivity index (χ2n) is 6.99. The number of carbonyl (C=O) groups excluding carboxylic acids is 4. The molecule has 0 spiro atoms. The maximum absolute atomic E-state index is 12.8. The Morgan fingerprint density at radius 1 is 1.26 bits per heavy atom. The van der Waals surface area contributed by atoms with E-state index in [1.165, 1.54) is 12.1 Å². The summed E-state index contributed by atoms with van der Waals surface area (Å²) in [5.41, 5.74) is 3.10. The highest BCUT2D eigenvalue weighted by molar-refractivity contribution is 6.24. The van der Waals surface area contributed by atoms with Crippen LogP contribution in [0.5, 0.6) is 0 Å². The summed E-state index contributed by atoms with van der Waals surface area (Å²) in [5, 5.41) is 11.2. The van der Waals surface area contributed by atoms with E-state index in [4.69, 9.17) is 10.5 Å². The first-order chi connectivity index (χ1) is 12.4. The van der Waals surface area contributed by atoms with Crippen LogP contribution in [0.1, 0.15) is 54.3 Å². The minimum absolute atomic E-state index is 0.179. The first-order valence-electron chi connectivity index (χ1n) is 8.10. The van der Waals surface area contributed by atoms with Crippen molar-refractivity contribution >= 4 is 29.4 Å². The van der Waals surface area contributed by atoms with E-state index < -0.39 is 45.9 Å². The van der Waals surface area contributed by atoms with E-state index in [1.807, 2.05) is 0 Å². The highest BCUT2D eigenvalue weighted by Gasteiger charge is 2.47. The first-order valence-corrected chi connectivity index (χ1v) is 8.10. The van der Waals surface area contributed by atoms with E-state index in [-0.39, 0.29) is 24.0 Å². The molecule has 0 fully saturated rings. The summed E-state index contributed by atoms with van der Waals surface area (Å²) in [4.78, 5) is 60.2. The Bertz CT molecular complexity index is 841. The number of ether oxygens (including phenoxy) is 1. The Morgan fingerprint density at radius 2 is 1.89 bits per heavy atom. The third-order valence-corrected chi connectivity index (χ3v) is 3.78. The second-order valence-corrected chi connectivity index (χ2v) is 6.99. The van der Waals surface area contributed by atoms with Crippen LogP contribution in [0.15, 0.2) is 18.2 Å². The number of benzene rings is 1. The zero-order valence-corrected chi connectivity index (χ0v) is 15.1. The van der Waals surface area contributed by atoms with Gasteiger partial charge in [0.1, 0.15) is 17.2 Å². The van der Waals surface area contributed by atoms with Crippen molar-refractivity contribution in [3.8, 4) is 0 Å². The minimum Gasteiger partial charge on any atom is -0.458 e. The molecule has 2 N–H and O–H groups in total. The molecule has 0 saturated heterocycles. The average molecular weight is 377 g/mol. The van der Waals surface area contributed by atoms with Crippen LogP contribution in [0, 0.1) is 10.1 Å². The molecule has 0 unspecified atom stereocenters. The molecule has 0 radical (unpaired) electrons. The quantitative estimate of drug-likeness (QED) is 0.338. The number of carbonyl (C=O) groups is 4. The zero-order valence-electron chi connectivity index (χ0n) is 15.1. The lowest BCUT2D eigenvalue weighted by molar-refractivity contribution is -0.385. The summed E-state index contributed by atoms with van der Waals surface area (Å²) in [6.07, 6.45) is -0.525. The lowest BCUT2D eigenvalue weighted by Crippen LogP contribution is -2.47. The van der Waals surface area contributed by atoms with Gasteiger partial charge in [-0.15, -0.1) is 0 Å². The third-order valence-electron chi connectivity index (χ3n) is 3.78. The highest BCUT2D eigenvalue weighted by Crippen LogP contribution is 2.33. The fraction of sp³-hybridized carbons (Fsp3) is 0.412. The minimum atomic E-state index is -1.43. The highest BCUT2D eigenvalue weighted by atomic mass is 16.6. The molecule has 0 bridgehead atoms. The number of rotatable bonds is 6. The van der Waals surface area contributed by atoms with Gasteiger partial charge in [0, 0.05) is 12.5 Å². The van der Waals surface area contributed by atoms with Crippen LogP contribution in [0.4, 0.5) is 5.69 Å². The maximum Gasteiger partial charge on any atom is 0.329 e. The maximum atomic E-state index is 12.8. The van der Waals surface area contributed by atoms with E-state index in [0.29, 0.717) is 4.90 Å². The molecule has 1 aromatic carbocycles. The number of nitro groups is 1. The number of hydrogen-bond donors (Lipinski definition) is 1. The number of hydrogen-bond acceptors (Lipinski definition) is 7. The topological polar surface area (TPSA) is 150 Å². The molecular formula is C17H19N3O7. The van der Waals surface area contributed by atoms with Gasteiger partial charge >= 0.3 is 5.97 Å². The van der Waals surface area contributed by atoms with Gasteiger partial charge in [-0.05, 0) is 33.3 Å². The summed E-state index contributed by atoms with van der Waals surface area (Å²) in [5.74, 6) is -3.48. The number of nitrogens with zero attached hydrogens (tertiary/aromatic N) is 2. The number of nitrogens with two attached hydrogens (primary N) is 1. The summed E-state index contributed by atoms with van der Waals surface area (Å²) in [7, 11) is 0. The average Bonchev–Trinajstić information content (AvgIpc) is 2.78. The predicted molar refractivity (Wildman–Crippen MR) is 91.7 cm³/mol. The SMILES string of the molecule is CC(C)(C)OC(=O)[C@@H](CCC(N)=O)N1C(=O)c2cccc([N+](=O)[O-])c2C1=O. The van der Waals surface area contributed by atoms with E-state index in [2.05, 4.69) is 0 Å². The first kappa shape index (κ1) is 20.0. The van der Waals surface area contributed by atoms with Crippen molar-refractivity contribution in [1.82, 2.24) is 4.90 Å². The van der Waals surface area contributed by atoms with E-state index >= 15 is 0 Å². The Morgan fingerprint density at radius 3 is 2.41 bits per heavy atom. The van der Waals surface area contributed by atoms with Crippen LogP contribution in [-0.2, 0) is 14.3 Å². The predicted octanol–water partition coefficient (Wildman–Crippen LogP) is 1.17. The summed E-state index contributed by atoms with van der Waals surface area (Å²) < 4.78 is 5.25. The molecule has 27 heavy (non-hydrogen) atoms. The molecule has 10 heteroatoms. The smallest absolute Gasteiger partial charge is 0.329 e. The van der Waals surface area contributed by atoms with Crippen LogP contribution in [0.3, 0.4) is 0 Å². The Balaban J connectivity index is 2.47. The number of amides is 3. The molecule has 1 aromatic rings. The molecule has 10 nitrogen and oxygen atoms in total. The fourth-order valence-electron chi connectivity index (χ4n) is 2.72. The van der Waals surface area contributed by atoms with Crippen molar-refractivity contribution < 1.29 is 28.8 Å². The van der Waals surface area contributed by atoms with Crippen LogP contribution < -0.4 is 5.73 Å².